The van der Waals surface area contributed by atoms with E-state index in [0.29, 0.717) is 18.7 Å². The number of halogens is 3. The summed E-state index contributed by atoms with van der Waals surface area (Å²) in [6.07, 6.45) is -2.79. The quantitative estimate of drug-likeness (QED) is 0.423. The van der Waals surface area contributed by atoms with Gasteiger partial charge in [-0.2, -0.15) is 5.10 Å². The van der Waals surface area contributed by atoms with Crippen LogP contribution in [0.4, 0.5) is 35.2 Å². The molecule has 2 atom stereocenters. The van der Waals surface area contributed by atoms with Crippen LogP contribution in [0, 0.1) is 0 Å². The molecule has 0 saturated heterocycles. The van der Waals surface area contributed by atoms with Crippen LogP contribution >= 0.6 is 0 Å². The molecular formula is C20H26F3N5O5S. The predicted octanol–water partition coefficient (Wildman–Crippen LogP) is 4.19. The number of alkyl carbamates (subject to hydrolysis) is 1. The molecule has 4 N–H and O–H groups in total. The number of amides is 1. The number of ether oxygens (including phenoxy) is 2. The van der Waals surface area contributed by atoms with Gasteiger partial charge in [0.1, 0.15) is 6.10 Å². The van der Waals surface area contributed by atoms with Gasteiger partial charge < -0.3 is 20.1 Å². The van der Waals surface area contributed by atoms with Gasteiger partial charge in [-0.15, -0.1) is 13.2 Å². The van der Waals surface area contributed by atoms with Crippen LogP contribution in [-0.2, 0) is 14.8 Å². The van der Waals surface area contributed by atoms with E-state index in [0.717, 1.165) is 30.5 Å². The first-order chi connectivity index (χ1) is 15.8. The van der Waals surface area contributed by atoms with Gasteiger partial charge in [0.2, 0.25) is 10.0 Å². The van der Waals surface area contributed by atoms with Crippen molar-refractivity contribution >= 4 is 33.3 Å². The van der Waals surface area contributed by atoms with Gasteiger partial charge in [0.15, 0.2) is 11.6 Å². The average Bonchev–Trinajstić information content (AvgIpc) is 3.30. The normalized spacial score (nSPS) is 18.6. The minimum absolute atomic E-state index is 0.0239. The van der Waals surface area contributed by atoms with E-state index in [1.165, 1.54) is 6.07 Å². The Labute approximate surface area is 194 Å². The largest absolute Gasteiger partial charge is 0.573 e. The lowest BCUT2D eigenvalue weighted by molar-refractivity contribution is -0.274. The number of rotatable bonds is 8. The summed E-state index contributed by atoms with van der Waals surface area (Å²) in [5, 5.41) is 12.6. The zero-order valence-corrected chi connectivity index (χ0v) is 19.5. The number of nitrogens with one attached hydrogen (secondary N) is 4. The van der Waals surface area contributed by atoms with Gasteiger partial charge >= 0.3 is 12.5 Å². The van der Waals surface area contributed by atoms with Gasteiger partial charge in [0, 0.05) is 35.5 Å². The lowest BCUT2D eigenvalue weighted by Crippen LogP contribution is -2.33. The van der Waals surface area contributed by atoms with Gasteiger partial charge in [0.05, 0.1) is 11.9 Å². The maximum Gasteiger partial charge on any atom is 0.573 e. The Hall–Kier alpha value is -3.16. The molecule has 2 aromatic rings. The maximum absolute atomic E-state index is 12.8. The van der Waals surface area contributed by atoms with E-state index in [9.17, 15) is 26.4 Å². The van der Waals surface area contributed by atoms with Crippen molar-refractivity contribution in [1.29, 1.82) is 0 Å². The van der Waals surface area contributed by atoms with Crippen LogP contribution in [-0.4, -0.2) is 49.5 Å². The van der Waals surface area contributed by atoms with Crippen LogP contribution in [0.1, 0.15) is 44.7 Å². The summed E-state index contributed by atoms with van der Waals surface area (Å²) < 4.78 is 72.6. The zero-order chi connectivity index (χ0) is 25.1. The average molecular weight is 506 g/mol. The highest BCUT2D eigenvalue weighted by molar-refractivity contribution is 7.92. The fourth-order valence-corrected chi connectivity index (χ4v) is 4.17. The predicted molar refractivity (Wildman–Crippen MR) is 119 cm³/mol. The number of hydrogen-bond donors (Lipinski definition) is 4. The molecule has 0 spiro atoms. The smallest absolute Gasteiger partial charge is 0.446 e. The molecule has 0 bridgehead atoms. The molecule has 14 heteroatoms. The molecule has 0 aliphatic heterocycles. The maximum atomic E-state index is 12.8. The summed E-state index contributed by atoms with van der Waals surface area (Å²) in [6, 6.07) is 5.25. The highest BCUT2D eigenvalue weighted by atomic mass is 32.2. The molecule has 2 unspecified atom stereocenters. The highest BCUT2D eigenvalue weighted by Crippen LogP contribution is 2.37. The number of aromatic nitrogens is 2. The standard InChI is InChI=1S/C20H26F3N5O5S/c1-11(2)24-19(29)32-14-6-4-12(8-14)16-10-18(27-26-16)25-13-5-7-15(28-34(3,30)31)17(9-13)33-20(21,22)23/h5,7,9-12,14,28H,4,6,8H2,1-3H3,(H,24,29)(H2,25,26,27). The van der Waals surface area contributed by atoms with Gasteiger partial charge in [-0.1, -0.05) is 0 Å². The molecule has 1 saturated carbocycles. The first-order valence-electron chi connectivity index (χ1n) is 10.4. The number of carbonyl (C=O) groups is 1. The van der Waals surface area contributed by atoms with E-state index in [-0.39, 0.29) is 29.4 Å². The van der Waals surface area contributed by atoms with Crippen molar-refractivity contribution in [3.63, 3.8) is 0 Å². The van der Waals surface area contributed by atoms with Crippen LogP contribution in [0.3, 0.4) is 0 Å². The molecule has 34 heavy (non-hydrogen) atoms. The van der Waals surface area contributed by atoms with Crippen molar-refractivity contribution < 1.29 is 35.9 Å². The Morgan fingerprint density at radius 1 is 1.24 bits per heavy atom. The Kier molecular flexibility index (Phi) is 7.48. The minimum Gasteiger partial charge on any atom is -0.446 e. The number of benzene rings is 1. The molecule has 10 nitrogen and oxygen atoms in total. The molecule has 1 heterocycles. The third-order valence-electron chi connectivity index (χ3n) is 4.88. The fourth-order valence-electron chi connectivity index (χ4n) is 3.60. The van der Waals surface area contributed by atoms with E-state index in [1.807, 2.05) is 18.6 Å². The number of H-pyrrole nitrogens is 1. The number of hydrogen-bond acceptors (Lipinski definition) is 7. The molecule has 1 aromatic heterocycles. The van der Waals surface area contributed by atoms with Crippen molar-refractivity contribution in [3.05, 3.63) is 30.0 Å². The molecule has 0 radical (unpaired) electrons. The monoisotopic (exact) mass is 505 g/mol. The highest BCUT2D eigenvalue weighted by Gasteiger charge is 2.33. The van der Waals surface area contributed by atoms with Crippen molar-refractivity contribution in [2.45, 2.75) is 57.5 Å². The SMILES string of the molecule is CC(C)NC(=O)OC1CCC(c2cc(Nc3ccc(NS(C)(=O)=O)c(OC(F)(F)F)c3)n[nH]2)C1. The Bertz CT molecular complexity index is 1120. The van der Waals surface area contributed by atoms with E-state index < -0.39 is 28.2 Å². The van der Waals surface area contributed by atoms with E-state index in [1.54, 1.807) is 6.07 Å². The second-order valence-electron chi connectivity index (χ2n) is 8.30. The van der Waals surface area contributed by atoms with Crippen molar-refractivity contribution in [2.75, 3.05) is 16.3 Å². The molecule has 1 amide bonds. The molecule has 188 valence electrons. The van der Waals surface area contributed by atoms with Gasteiger partial charge in [0.25, 0.3) is 0 Å². The number of sulfonamides is 1. The van der Waals surface area contributed by atoms with Crippen LogP contribution in [0.5, 0.6) is 5.75 Å². The molecule has 1 fully saturated rings. The number of carbonyl (C=O) groups excluding carboxylic acids is 1. The third-order valence-corrected chi connectivity index (χ3v) is 5.47. The van der Waals surface area contributed by atoms with E-state index in [4.69, 9.17) is 4.74 Å². The van der Waals surface area contributed by atoms with Crippen molar-refractivity contribution in [3.8, 4) is 5.75 Å². The Balaban J connectivity index is 1.67. The lowest BCUT2D eigenvalue weighted by atomic mass is 10.0. The van der Waals surface area contributed by atoms with Crippen molar-refractivity contribution in [1.82, 2.24) is 15.5 Å². The van der Waals surface area contributed by atoms with Crippen LogP contribution in [0.25, 0.3) is 0 Å². The summed E-state index contributed by atoms with van der Waals surface area (Å²) in [5.74, 6) is -0.293. The summed E-state index contributed by atoms with van der Waals surface area (Å²) in [5.41, 5.74) is 0.640. The van der Waals surface area contributed by atoms with Crippen LogP contribution in [0.2, 0.25) is 0 Å². The fraction of sp³-hybridized carbons (Fsp3) is 0.500. The summed E-state index contributed by atoms with van der Waals surface area (Å²) in [4.78, 5) is 11.8. The van der Waals surface area contributed by atoms with E-state index >= 15 is 0 Å². The first-order valence-corrected chi connectivity index (χ1v) is 12.3. The van der Waals surface area contributed by atoms with Crippen LogP contribution in [0.15, 0.2) is 24.3 Å². The second-order valence-corrected chi connectivity index (χ2v) is 10.1. The summed E-state index contributed by atoms with van der Waals surface area (Å²) >= 11 is 0. The summed E-state index contributed by atoms with van der Waals surface area (Å²) in [6.45, 7) is 3.68. The van der Waals surface area contributed by atoms with Crippen LogP contribution < -0.4 is 20.1 Å². The molecule has 3 rings (SSSR count). The molecule has 1 aliphatic carbocycles. The molecule has 1 aliphatic rings. The number of alkyl halides is 3. The summed E-state index contributed by atoms with van der Waals surface area (Å²) in [7, 11) is -3.82. The lowest BCUT2D eigenvalue weighted by Gasteiger charge is -2.15. The Morgan fingerprint density at radius 2 is 1.97 bits per heavy atom. The topological polar surface area (TPSA) is 134 Å². The Morgan fingerprint density at radius 3 is 2.62 bits per heavy atom. The number of aromatic amines is 1. The second kappa shape index (κ2) is 9.99. The third kappa shape index (κ3) is 7.71. The van der Waals surface area contributed by atoms with E-state index in [2.05, 4.69) is 25.6 Å². The number of nitrogens with zero attached hydrogens (tertiary/aromatic N) is 1. The van der Waals surface area contributed by atoms with Gasteiger partial charge in [-0.25, -0.2) is 13.2 Å². The van der Waals surface area contributed by atoms with Crippen molar-refractivity contribution in [2.24, 2.45) is 0 Å². The zero-order valence-electron chi connectivity index (χ0n) is 18.7. The molecule has 1 aromatic carbocycles. The first kappa shape index (κ1) is 25.5. The van der Waals surface area contributed by atoms with Gasteiger partial charge in [-0.05, 0) is 45.2 Å². The van der Waals surface area contributed by atoms with Gasteiger partial charge in [-0.3, -0.25) is 9.82 Å². The molecular weight excluding hydrogens is 479 g/mol. The number of anilines is 3. The minimum atomic E-state index is -5.01.